The minimum Gasteiger partial charge on any atom is -0.383 e. The molecule has 0 atom stereocenters. The van der Waals surface area contributed by atoms with Crippen molar-refractivity contribution in [1.82, 2.24) is 14.8 Å². The molecule has 2 rings (SSSR count). The molecule has 0 saturated heterocycles. The summed E-state index contributed by atoms with van der Waals surface area (Å²) in [5, 5.41) is 8.74. The Balaban J connectivity index is 2.49. The minimum atomic E-state index is -0.255. The van der Waals surface area contributed by atoms with E-state index in [0.717, 1.165) is 5.82 Å². The lowest BCUT2D eigenvalue weighted by molar-refractivity contribution is 0.187. The average molecular weight is 328 g/mol. The number of ether oxygens (including phenoxy) is 1. The summed E-state index contributed by atoms with van der Waals surface area (Å²) in [5.74, 6) is 1.04. The number of benzene rings is 1. The molecule has 0 aliphatic carbocycles. The molecule has 0 radical (unpaired) electrons. The first-order chi connectivity index (χ1) is 9.19. The highest BCUT2D eigenvalue weighted by molar-refractivity contribution is 9.08. The van der Waals surface area contributed by atoms with Crippen molar-refractivity contribution in [2.45, 2.75) is 18.8 Å². The number of hydrogen-bond donors (Lipinski definition) is 0. The maximum Gasteiger partial charge on any atom is 0.167 e. The van der Waals surface area contributed by atoms with Crippen molar-refractivity contribution in [3.63, 3.8) is 0 Å². The van der Waals surface area contributed by atoms with Gasteiger partial charge in [-0.2, -0.15) is 0 Å². The summed E-state index contributed by atoms with van der Waals surface area (Å²) in [6.45, 7) is 2.85. The highest BCUT2D eigenvalue weighted by Gasteiger charge is 2.16. The minimum absolute atomic E-state index is 0.255. The first kappa shape index (κ1) is 14.1. The number of alkyl halides is 1. The van der Waals surface area contributed by atoms with Crippen LogP contribution < -0.4 is 0 Å². The van der Waals surface area contributed by atoms with Gasteiger partial charge in [-0.3, -0.25) is 0 Å². The Hall–Kier alpha value is -1.27. The Morgan fingerprint density at radius 2 is 2.16 bits per heavy atom. The third-order valence-electron chi connectivity index (χ3n) is 2.90. The molecule has 0 aliphatic heterocycles. The van der Waals surface area contributed by atoms with Gasteiger partial charge in [0.1, 0.15) is 11.6 Å². The molecule has 1 aromatic carbocycles. The molecule has 0 aliphatic rings. The van der Waals surface area contributed by atoms with Crippen LogP contribution in [0.1, 0.15) is 11.4 Å². The molecule has 19 heavy (non-hydrogen) atoms. The van der Waals surface area contributed by atoms with Gasteiger partial charge in [-0.25, -0.2) is 4.39 Å². The third kappa shape index (κ3) is 2.84. The fraction of sp³-hybridized carbons (Fsp3) is 0.385. The Kier molecular flexibility index (Phi) is 4.66. The third-order valence-corrected chi connectivity index (χ3v) is 3.40. The molecular formula is C13H15BrFN3O. The summed E-state index contributed by atoms with van der Waals surface area (Å²) in [4.78, 5) is 0. The van der Waals surface area contributed by atoms with E-state index in [1.807, 2.05) is 10.6 Å². The van der Waals surface area contributed by atoms with Crippen molar-refractivity contribution >= 4 is 15.9 Å². The standard InChI is InChI=1S/C13H15BrFN3O/c1-9-4-3-5-10(12(9)15)13-17-16-11(8-14)18(13)6-7-19-2/h3-5H,6-8H2,1-2H3. The first-order valence-corrected chi connectivity index (χ1v) is 7.03. The fourth-order valence-electron chi connectivity index (χ4n) is 1.87. The SMILES string of the molecule is COCCn1c(CBr)nnc1-c1cccc(C)c1F. The summed E-state index contributed by atoms with van der Waals surface area (Å²) >= 11 is 3.36. The van der Waals surface area contributed by atoms with E-state index in [4.69, 9.17) is 4.74 Å². The molecule has 0 fully saturated rings. The summed E-state index contributed by atoms with van der Waals surface area (Å²) in [6.07, 6.45) is 0. The lowest BCUT2D eigenvalue weighted by Crippen LogP contribution is -2.09. The van der Waals surface area contributed by atoms with Gasteiger partial charge in [-0.15, -0.1) is 10.2 Å². The molecule has 0 spiro atoms. The highest BCUT2D eigenvalue weighted by Crippen LogP contribution is 2.24. The van der Waals surface area contributed by atoms with Crippen LogP contribution in [0.5, 0.6) is 0 Å². The van der Waals surface area contributed by atoms with Crippen LogP contribution in [-0.2, 0) is 16.6 Å². The predicted molar refractivity (Wildman–Crippen MR) is 74.7 cm³/mol. The zero-order valence-electron chi connectivity index (χ0n) is 10.9. The highest BCUT2D eigenvalue weighted by atomic mass is 79.9. The molecule has 0 N–H and O–H groups in total. The molecule has 6 heteroatoms. The number of aryl methyl sites for hydroxylation is 1. The number of hydrogen-bond acceptors (Lipinski definition) is 3. The van der Waals surface area contributed by atoms with Crippen LogP contribution in [-0.4, -0.2) is 28.5 Å². The number of methoxy groups -OCH3 is 1. The Morgan fingerprint density at radius 3 is 2.84 bits per heavy atom. The van der Waals surface area contributed by atoms with Crippen molar-refractivity contribution in [1.29, 1.82) is 0 Å². The molecule has 0 saturated carbocycles. The number of halogens is 2. The van der Waals surface area contributed by atoms with E-state index in [9.17, 15) is 4.39 Å². The zero-order chi connectivity index (χ0) is 13.8. The second kappa shape index (κ2) is 6.25. The van der Waals surface area contributed by atoms with Crippen LogP contribution in [0.4, 0.5) is 4.39 Å². The Bertz CT molecular complexity index is 571. The van der Waals surface area contributed by atoms with Gasteiger partial charge in [-0.05, 0) is 18.6 Å². The summed E-state index contributed by atoms with van der Waals surface area (Å²) in [6, 6.07) is 5.27. The summed E-state index contributed by atoms with van der Waals surface area (Å²) in [7, 11) is 1.63. The monoisotopic (exact) mass is 327 g/mol. The molecule has 0 amide bonds. The molecule has 2 aromatic rings. The summed E-state index contributed by atoms with van der Waals surface area (Å²) < 4.78 is 21.1. The Labute approximate surface area is 119 Å². The van der Waals surface area contributed by atoms with Gasteiger partial charge in [0, 0.05) is 13.7 Å². The molecule has 0 unspecified atom stereocenters. The van der Waals surface area contributed by atoms with Gasteiger partial charge in [0.05, 0.1) is 17.5 Å². The van der Waals surface area contributed by atoms with Crippen LogP contribution in [0.15, 0.2) is 18.2 Å². The predicted octanol–water partition coefficient (Wildman–Crippen LogP) is 2.93. The van der Waals surface area contributed by atoms with Gasteiger partial charge < -0.3 is 9.30 Å². The second-order valence-electron chi connectivity index (χ2n) is 4.15. The van der Waals surface area contributed by atoms with Crippen LogP contribution in [0.2, 0.25) is 0 Å². The molecule has 0 bridgehead atoms. The number of aromatic nitrogens is 3. The molecule has 102 valence electrons. The van der Waals surface area contributed by atoms with Crippen molar-refractivity contribution in [2.24, 2.45) is 0 Å². The van der Waals surface area contributed by atoms with Gasteiger partial charge in [0.15, 0.2) is 5.82 Å². The zero-order valence-corrected chi connectivity index (χ0v) is 12.4. The smallest absolute Gasteiger partial charge is 0.167 e. The van der Waals surface area contributed by atoms with Crippen molar-refractivity contribution in [3.8, 4) is 11.4 Å². The normalized spacial score (nSPS) is 10.9. The van der Waals surface area contributed by atoms with Crippen molar-refractivity contribution in [2.75, 3.05) is 13.7 Å². The van der Waals surface area contributed by atoms with Crippen molar-refractivity contribution in [3.05, 3.63) is 35.4 Å². The van der Waals surface area contributed by atoms with Crippen molar-refractivity contribution < 1.29 is 9.13 Å². The van der Waals surface area contributed by atoms with E-state index in [-0.39, 0.29) is 5.82 Å². The summed E-state index contributed by atoms with van der Waals surface area (Å²) in [5.41, 5.74) is 1.06. The lowest BCUT2D eigenvalue weighted by atomic mass is 10.1. The molecule has 1 heterocycles. The van der Waals surface area contributed by atoms with E-state index in [2.05, 4.69) is 26.1 Å². The topological polar surface area (TPSA) is 39.9 Å². The maximum atomic E-state index is 14.2. The Morgan fingerprint density at radius 1 is 1.37 bits per heavy atom. The van der Waals surface area contributed by atoms with Crippen LogP contribution in [0, 0.1) is 12.7 Å². The van der Waals surface area contributed by atoms with Gasteiger partial charge in [-0.1, -0.05) is 28.1 Å². The van der Waals surface area contributed by atoms with Gasteiger partial charge in [0.2, 0.25) is 0 Å². The number of rotatable bonds is 5. The second-order valence-corrected chi connectivity index (χ2v) is 4.72. The average Bonchev–Trinajstić information content (AvgIpc) is 2.82. The molecular weight excluding hydrogens is 313 g/mol. The van der Waals surface area contributed by atoms with E-state index in [0.29, 0.717) is 35.4 Å². The van der Waals surface area contributed by atoms with E-state index in [1.165, 1.54) is 0 Å². The lowest BCUT2D eigenvalue weighted by Gasteiger charge is -2.10. The van der Waals surface area contributed by atoms with E-state index in [1.54, 1.807) is 26.2 Å². The number of nitrogens with zero attached hydrogens (tertiary/aromatic N) is 3. The largest absolute Gasteiger partial charge is 0.383 e. The van der Waals surface area contributed by atoms with Gasteiger partial charge in [0.25, 0.3) is 0 Å². The van der Waals surface area contributed by atoms with Crippen LogP contribution in [0.3, 0.4) is 0 Å². The van der Waals surface area contributed by atoms with Gasteiger partial charge >= 0.3 is 0 Å². The first-order valence-electron chi connectivity index (χ1n) is 5.91. The fourth-order valence-corrected chi connectivity index (χ4v) is 2.29. The van der Waals surface area contributed by atoms with Crippen LogP contribution in [0.25, 0.3) is 11.4 Å². The van der Waals surface area contributed by atoms with Crippen LogP contribution >= 0.6 is 15.9 Å². The maximum absolute atomic E-state index is 14.2. The quantitative estimate of drug-likeness (QED) is 0.793. The van der Waals surface area contributed by atoms with E-state index < -0.39 is 0 Å². The molecule has 1 aromatic heterocycles. The molecule has 4 nitrogen and oxygen atoms in total. The van der Waals surface area contributed by atoms with E-state index >= 15 is 0 Å².